The summed E-state index contributed by atoms with van der Waals surface area (Å²) in [5, 5.41) is 2.85. The van der Waals surface area contributed by atoms with E-state index in [-0.39, 0.29) is 31.3 Å². The first-order valence-corrected chi connectivity index (χ1v) is 13.7. The summed E-state index contributed by atoms with van der Waals surface area (Å²) in [5.74, 6) is 0.227. The van der Waals surface area contributed by atoms with Gasteiger partial charge in [0.15, 0.2) is 0 Å². The molecule has 2 amide bonds. The molecule has 0 fully saturated rings. The fourth-order valence-electron chi connectivity index (χ4n) is 3.66. The van der Waals surface area contributed by atoms with Gasteiger partial charge in [0.1, 0.15) is 11.8 Å². The number of methoxy groups -OCH3 is 1. The molecule has 0 saturated heterocycles. The highest BCUT2D eigenvalue weighted by Gasteiger charge is 2.26. The van der Waals surface area contributed by atoms with Crippen molar-refractivity contribution < 1.29 is 22.7 Å². The van der Waals surface area contributed by atoms with Crippen molar-refractivity contribution in [2.45, 2.75) is 52.6 Å². The molecule has 0 heterocycles. The molecule has 0 bridgehead atoms. The molecular formula is C26H37N3O5S. The summed E-state index contributed by atoms with van der Waals surface area (Å²) in [5.41, 5.74) is 2.43. The standard InChI is InChI=1S/C26H37N3O5S/c1-6-16-27-26(31)21(3)28(19-22-9-7-10-24(18-22)34-4)25(30)11-8-17-29(35(5,32)33)23-14-12-20(2)13-15-23/h7,9-10,12-15,18,21H,6,8,11,16-17,19H2,1-5H3,(H,27,31). The summed E-state index contributed by atoms with van der Waals surface area (Å²) in [7, 11) is -1.94. The molecule has 0 aromatic heterocycles. The minimum absolute atomic E-state index is 0.104. The van der Waals surface area contributed by atoms with Crippen LogP contribution in [0.25, 0.3) is 0 Å². The number of amides is 2. The molecule has 1 unspecified atom stereocenters. The molecule has 2 rings (SSSR count). The molecule has 0 spiro atoms. The van der Waals surface area contributed by atoms with Gasteiger partial charge in [-0.15, -0.1) is 0 Å². The number of hydrogen-bond donors (Lipinski definition) is 1. The lowest BCUT2D eigenvalue weighted by molar-refractivity contribution is -0.140. The SMILES string of the molecule is CCCNC(=O)C(C)N(Cc1cccc(OC)c1)C(=O)CCCN(c1ccc(C)cc1)S(C)(=O)=O. The molecule has 0 aliphatic heterocycles. The summed E-state index contributed by atoms with van der Waals surface area (Å²) >= 11 is 0. The quantitative estimate of drug-likeness (QED) is 0.451. The monoisotopic (exact) mass is 503 g/mol. The van der Waals surface area contributed by atoms with Gasteiger partial charge in [0, 0.05) is 26.1 Å². The maximum atomic E-state index is 13.3. The largest absolute Gasteiger partial charge is 0.497 e. The second-order valence-electron chi connectivity index (χ2n) is 8.61. The zero-order valence-electron chi connectivity index (χ0n) is 21.3. The van der Waals surface area contributed by atoms with E-state index in [2.05, 4.69) is 5.32 Å². The second-order valence-corrected chi connectivity index (χ2v) is 10.5. The number of rotatable bonds is 13. The van der Waals surface area contributed by atoms with Crippen molar-refractivity contribution >= 4 is 27.5 Å². The van der Waals surface area contributed by atoms with Crippen molar-refractivity contribution in [2.75, 3.05) is 30.8 Å². The molecule has 0 aliphatic rings. The van der Waals surface area contributed by atoms with Gasteiger partial charge in [-0.2, -0.15) is 0 Å². The van der Waals surface area contributed by atoms with Crippen LogP contribution in [0.1, 0.15) is 44.2 Å². The summed E-state index contributed by atoms with van der Waals surface area (Å²) in [6.07, 6.45) is 2.37. The summed E-state index contributed by atoms with van der Waals surface area (Å²) < 4.78 is 31.4. The molecule has 0 aliphatic carbocycles. The number of nitrogens with zero attached hydrogens (tertiary/aromatic N) is 2. The van der Waals surface area contributed by atoms with Crippen molar-refractivity contribution in [1.82, 2.24) is 10.2 Å². The molecule has 1 atom stereocenters. The fraction of sp³-hybridized carbons (Fsp3) is 0.462. The topological polar surface area (TPSA) is 96.0 Å². The van der Waals surface area contributed by atoms with E-state index in [0.29, 0.717) is 24.4 Å². The number of sulfonamides is 1. The van der Waals surface area contributed by atoms with Crippen molar-refractivity contribution in [2.24, 2.45) is 0 Å². The van der Waals surface area contributed by atoms with Gasteiger partial charge >= 0.3 is 0 Å². The molecule has 2 aromatic carbocycles. The molecule has 2 aromatic rings. The zero-order chi connectivity index (χ0) is 26.0. The van der Waals surface area contributed by atoms with Crippen LogP contribution in [-0.2, 0) is 26.2 Å². The maximum Gasteiger partial charge on any atom is 0.242 e. The van der Waals surface area contributed by atoms with E-state index in [4.69, 9.17) is 4.74 Å². The van der Waals surface area contributed by atoms with Crippen molar-refractivity contribution in [3.63, 3.8) is 0 Å². The van der Waals surface area contributed by atoms with Crippen LogP contribution in [0.15, 0.2) is 48.5 Å². The lowest BCUT2D eigenvalue weighted by Gasteiger charge is -2.29. The maximum absolute atomic E-state index is 13.3. The summed E-state index contributed by atoms with van der Waals surface area (Å²) in [6, 6.07) is 13.9. The van der Waals surface area contributed by atoms with E-state index < -0.39 is 16.1 Å². The molecule has 192 valence electrons. The average Bonchev–Trinajstić information content (AvgIpc) is 2.83. The number of carbonyl (C=O) groups excluding carboxylic acids is 2. The van der Waals surface area contributed by atoms with Gasteiger partial charge < -0.3 is 15.0 Å². The van der Waals surface area contributed by atoms with E-state index in [1.54, 1.807) is 26.2 Å². The van der Waals surface area contributed by atoms with Crippen LogP contribution in [-0.4, -0.2) is 57.6 Å². The van der Waals surface area contributed by atoms with Crippen LogP contribution in [0.3, 0.4) is 0 Å². The zero-order valence-corrected chi connectivity index (χ0v) is 22.1. The number of aryl methyl sites for hydroxylation is 1. The van der Waals surface area contributed by atoms with E-state index in [1.165, 1.54) is 9.21 Å². The first kappa shape index (κ1) is 28.2. The smallest absolute Gasteiger partial charge is 0.242 e. The normalized spacial score (nSPS) is 12.0. The Hall–Kier alpha value is -3.07. The number of anilines is 1. The van der Waals surface area contributed by atoms with Gasteiger partial charge in [0.25, 0.3) is 0 Å². The Labute approximate surface area is 209 Å². The number of ether oxygens (including phenoxy) is 1. The minimum Gasteiger partial charge on any atom is -0.497 e. The van der Waals surface area contributed by atoms with Gasteiger partial charge in [-0.1, -0.05) is 36.8 Å². The predicted molar refractivity (Wildman–Crippen MR) is 139 cm³/mol. The Kier molecular flexibility index (Phi) is 10.6. The Morgan fingerprint density at radius 2 is 1.80 bits per heavy atom. The molecule has 8 nitrogen and oxygen atoms in total. The highest BCUT2D eigenvalue weighted by molar-refractivity contribution is 7.92. The molecule has 9 heteroatoms. The first-order chi connectivity index (χ1) is 16.6. The molecule has 0 radical (unpaired) electrons. The van der Waals surface area contributed by atoms with Crippen LogP contribution in [0, 0.1) is 6.92 Å². The van der Waals surface area contributed by atoms with E-state index in [0.717, 1.165) is 23.8 Å². The Morgan fingerprint density at radius 1 is 1.11 bits per heavy atom. The van der Waals surface area contributed by atoms with E-state index in [1.807, 2.05) is 50.2 Å². The molecular weight excluding hydrogens is 466 g/mol. The van der Waals surface area contributed by atoms with Crippen LogP contribution in [0.2, 0.25) is 0 Å². The lowest BCUT2D eigenvalue weighted by Crippen LogP contribution is -2.47. The first-order valence-electron chi connectivity index (χ1n) is 11.8. The third-order valence-electron chi connectivity index (χ3n) is 5.68. The van der Waals surface area contributed by atoms with Gasteiger partial charge in [0.2, 0.25) is 21.8 Å². The highest BCUT2D eigenvalue weighted by atomic mass is 32.2. The van der Waals surface area contributed by atoms with Gasteiger partial charge in [-0.3, -0.25) is 13.9 Å². The van der Waals surface area contributed by atoms with Gasteiger partial charge in [-0.05, 0) is 56.5 Å². The predicted octanol–water partition coefficient (Wildman–Crippen LogP) is 3.49. The number of carbonyl (C=O) groups is 2. The van der Waals surface area contributed by atoms with Gasteiger partial charge in [-0.25, -0.2) is 8.42 Å². The summed E-state index contributed by atoms with van der Waals surface area (Å²) in [6.45, 7) is 6.54. The molecule has 1 N–H and O–H groups in total. The van der Waals surface area contributed by atoms with Crippen LogP contribution in [0.5, 0.6) is 5.75 Å². The van der Waals surface area contributed by atoms with Crippen molar-refractivity contribution in [1.29, 1.82) is 0 Å². The Balaban J connectivity index is 2.16. The minimum atomic E-state index is -3.51. The molecule has 0 saturated carbocycles. The Bertz CT molecular complexity index is 1090. The third kappa shape index (κ3) is 8.58. The van der Waals surface area contributed by atoms with E-state index in [9.17, 15) is 18.0 Å². The number of hydrogen-bond acceptors (Lipinski definition) is 5. The highest BCUT2D eigenvalue weighted by Crippen LogP contribution is 2.20. The molecule has 35 heavy (non-hydrogen) atoms. The summed E-state index contributed by atoms with van der Waals surface area (Å²) in [4.78, 5) is 27.5. The third-order valence-corrected chi connectivity index (χ3v) is 6.87. The van der Waals surface area contributed by atoms with Crippen LogP contribution in [0.4, 0.5) is 5.69 Å². The van der Waals surface area contributed by atoms with Gasteiger partial charge in [0.05, 0.1) is 19.1 Å². The Morgan fingerprint density at radius 3 is 2.40 bits per heavy atom. The lowest BCUT2D eigenvalue weighted by atomic mass is 10.1. The number of benzene rings is 2. The van der Waals surface area contributed by atoms with E-state index >= 15 is 0 Å². The average molecular weight is 504 g/mol. The van der Waals surface area contributed by atoms with Crippen LogP contribution >= 0.6 is 0 Å². The second kappa shape index (κ2) is 13.1. The fourth-order valence-corrected chi connectivity index (χ4v) is 4.63. The van der Waals surface area contributed by atoms with Crippen molar-refractivity contribution in [3.8, 4) is 5.75 Å². The van der Waals surface area contributed by atoms with Crippen LogP contribution < -0.4 is 14.4 Å². The van der Waals surface area contributed by atoms with Crippen molar-refractivity contribution in [3.05, 3.63) is 59.7 Å². The number of nitrogens with one attached hydrogen (secondary N) is 1.